The van der Waals surface area contributed by atoms with Gasteiger partial charge in [0.2, 0.25) is 0 Å². The summed E-state index contributed by atoms with van der Waals surface area (Å²) in [5.41, 5.74) is 2.83. The molecule has 1 saturated heterocycles. The number of likely N-dealkylation sites (tertiary alicyclic amines) is 1. The van der Waals surface area contributed by atoms with Crippen LogP contribution in [0.25, 0.3) is 11.3 Å². The summed E-state index contributed by atoms with van der Waals surface area (Å²) in [4.78, 5) is 27.6. The average Bonchev–Trinajstić information content (AvgIpc) is 2.74. The van der Waals surface area contributed by atoms with Gasteiger partial charge in [-0.1, -0.05) is 12.1 Å². The topological polar surface area (TPSA) is 59.0 Å². The number of benzene rings is 1. The number of pyridine rings is 1. The molecule has 0 N–H and O–H groups in total. The van der Waals surface area contributed by atoms with E-state index in [0.29, 0.717) is 29.9 Å². The van der Waals surface area contributed by atoms with Crippen LogP contribution in [0.3, 0.4) is 0 Å². The van der Waals surface area contributed by atoms with Crippen molar-refractivity contribution in [1.82, 2.24) is 19.9 Å². The first-order chi connectivity index (χ1) is 13.2. The minimum Gasteiger partial charge on any atom is -0.338 e. The number of carbonyl (C=O) groups is 1. The lowest BCUT2D eigenvalue weighted by Crippen LogP contribution is -2.39. The predicted octanol–water partition coefficient (Wildman–Crippen LogP) is 3.70. The van der Waals surface area contributed by atoms with Crippen molar-refractivity contribution in [3.63, 3.8) is 0 Å². The van der Waals surface area contributed by atoms with Crippen LogP contribution < -0.4 is 0 Å². The number of carbonyl (C=O) groups excluding carboxylic acids is 1. The second-order valence-corrected chi connectivity index (χ2v) is 6.63. The van der Waals surface area contributed by atoms with Gasteiger partial charge in [-0.15, -0.1) is 0 Å². The Bertz CT molecular complexity index is 948. The molecule has 5 nitrogen and oxygen atoms in total. The van der Waals surface area contributed by atoms with E-state index in [1.54, 1.807) is 43.0 Å². The van der Waals surface area contributed by atoms with E-state index >= 15 is 0 Å². The maximum atomic E-state index is 13.7. The first-order valence-corrected chi connectivity index (χ1v) is 8.98. The number of piperidine rings is 1. The number of aromatic nitrogens is 3. The molecule has 0 aliphatic carbocycles. The molecule has 1 aliphatic rings. The van der Waals surface area contributed by atoms with Gasteiger partial charge in [-0.05, 0) is 37.1 Å². The fraction of sp³-hybridized carbons (Fsp3) is 0.238. The summed E-state index contributed by atoms with van der Waals surface area (Å²) in [6.45, 7) is 1.29. The van der Waals surface area contributed by atoms with Gasteiger partial charge in [-0.3, -0.25) is 19.7 Å². The van der Waals surface area contributed by atoms with Gasteiger partial charge in [0.15, 0.2) is 0 Å². The Kier molecular flexibility index (Phi) is 4.87. The minimum absolute atomic E-state index is 0.00158. The van der Waals surface area contributed by atoms with Gasteiger partial charge >= 0.3 is 0 Å². The van der Waals surface area contributed by atoms with E-state index in [2.05, 4.69) is 15.0 Å². The van der Waals surface area contributed by atoms with Crippen molar-refractivity contribution in [2.45, 2.75) is 18.8 Å². The largest absolute Gasteiger partial charge is 0.338 e. The Morgan fingerprint density at radius 3 is 2.70 bits per heavy atom. The van der Waals surface area contributed by atoms with Gasteiger partial charge in [-0.2, -0.15) is 0 Å². The number of hydrogen-bond acceptors (Lipinski definition) is 4. The third kappa shape index (κ3) is 3.69. The number of nitrogens with zero attached hydrogens (tertiary/aromatic N) is 4. The SMILES string of the molecule is O=C(c1ccncc1)N1CCC[C@@H](c2nccnc2-c2cccc(F)c2)C1. The van der Waals surface area contributed by atoms with E-state index in [1.807, 2.05) is 11.0 Å². The van der Waals surface area contributed by atoms with Crippen molar-refractivity contribution in [2.24, 2.45) is 0 Å². The maximum Gasteiger partial charge on any atom is 0.253 e. The van der Waals surface area contributed by atoms with Crippen molar-refractivity contribution >= 4 is 5.91 Å². The van der Waals surface area contributed by atoms with Crippen LogP contribution in [-0.4, -0.2) is 38.8 Å². The van der Waals surface area contributed by atoms with Gasteiger partial charge in [-0.25, -0.2) is 4.39 Å². The van der Waals surface area contributed by atoms with E-state index in [9.17, 15) is 9.18 Å². The van der Waals surface area contributed by atoms with Gasteiger partial charge in [0.25, 0.3) is 5.91 Å². The number of amides is 1. The molecule has 27 heavy (non-hydrogen) atoms. The second-order valence-electron chi connectivity index (χ2n) is 6.63. The normalized spacial score (nSPS) is 16.9. The Morgan fingerprint density at radius 2 is 1.89 bits per heavy atom. The molecule has 6 heteroatoms. The average molecular weight is 362 g/mol. The summed E-state index contributed by atoms with van der Waals surface area (Å²) in [7, 11) is 0. The van der Waals surface area contributed by atoms with E-state index in [0.717, 1.165) is 18.5 Å². The zero-order chi connectivity index (χ0) is 18.6. The summed E-state index contributed by atoms with van der Waals surface area (Å²) in [5.74, 6) is -0.239. The molecule has 1 fully saturated rings. The Morgan fingerprint density at radius 1 is 1.07 bits per heavy atom. The highest BCUT2D eigenvalue weighted by atomic mass is 19.1. The van der Waals surface area contributed by atoms with Crippen LogP contribution in [0.5, 0.6) is 0 Å². The van der Waals surface area contributed by atoms with Crippen LogP contribution in [0, 0.1) is 5.82 Å². The first kappa shape index (κ1) is 17.3. The third-order valence-electron chi connectivity index (χ3n) is 4.85. The monoisotopic (exact) mass is 362 g/mol. The van der Waals surface area contributed by atoms with Crippen LogP contribution in [0.1, 0.15) is 34.8 Å². The lowest BCUT2D eigenvalue weighted by Gasteiger charge is -2.33. The Hall–Kier alpha value is -3.15. The van der Waals surface area contributed by atoms with Crippen molar-refractivity contribution in [3.05, 3.63) is 78.3 Å². The van der Waals surface area contributed by atoms with Crippen LogP contribution >= 0.6 is 0 Å². The molecule has 0 bridgehead atoms. The van der Waals surface area contributed by atoms with Crippen LogP contribution in [0.2, 0.25) is 0 Å². The van der Waals surface area contributed by atoms with E-state index in [1.165, 1.54) is 12.1 Å². The van der Waals surface area contributed by atoms with E-state index < -0.39 is 0 Å². The summed E-state index contributed by atoms with van der Waals surface area (Å²) >= 11 is 0. The summed E-state index contributed by atoms with van der Waals surface area (Å²) in [5, 5.41) is 0. The molecule has 1 amide bonds. The highest BCUT2D eigenvalue weighted by molar-refractivity contribution is 5.94. The summed E-state index contributed by atoms with van der Waals surface area (Å²) in [6.07, 6.45) is 8.33. The molecule has 1 aromatic carbocycles. The number of rotatable bonds is 3. The van der Waals surface area contributed by atoms with E-state index in [-0.39, 0.29) is 17.6 Å². The molecule has 4 rings (SSSR count). The molecule has 2 aromatic heterocycles. The number of hydrogen-bond donors (Lipinski definition) is 0. The van der Waals surface area contributed by atoms with Gasteiger partial charge in [0, 0.05) is 54.9 Å². The quantitative estimate of drug-likeness (QED) is 0.713. The highest BCUT2D eigenvalue weighted by Crippen LogP contribution is 2.32. The zero-order valence-electron chi connectivity index (χ0n) is 14.8. The molecule has 0 unspecified atom stereocenters. The lowest BCUT2D eigenvalue weighted by molar-refractivity contribution is 0.0706. The predicted molar refractivity (Wildman–Crippen MR) is 99.5 cm³/mol. The Balaban J connectivity index is 1.62. The molecule has 136 valence electrons. The van der Waals surface area contributed by atoms with Crippen molar-refractivity contribution < 1.29 is 9.18 Å². The van der Waals surface area contributed by atoms with Crippen LogP contribution in [0.15, 0.2) is 61.2 Å². The van der Waals surface area contributed by atoms with Gasteiger partial charge in [0.05, 0.1) is 11.4 Å². The van der Waals surface area contributed by atoms with Crippen LogP contribution in [-0.2, 0) is 0 Å². The molecular weight excluding hydrogens is 343 g/mol. The molecule has 0 spiro atoms. The molecular formula is C21H19FN4O. The molecule has 3 aromatic rings. The highest BCUT2D eigenvalue weighted by Gasteiger charge is 2.28. The molecule has 0 radical (unpaired) electrons. The summed E-state index contributed by atoms with van der Waals surface area (Å²) in [6, 6.07) is 9.84. The van der Waals surface area contributed by atoms with Crippen molar-refractivity contribution in [1.29, 1.82) is 0 Å². The van der Waals surface area contributed by atoms with Crippen molar-refractivity contribution in [2.75, 3.05) is 13.1 Å². The molecule has 1 atom stereocenters. The lowest BCUT2D eigenvalue weighted by atomic mass is 9.91. The Labute approximate surface area is 156 Å². The minimum atomic E-state index is -0.303. The van der Waals surface area contributed by atoms with Crippen LogP contribution in [0.4, 0.5) is 4.39 Å². The van der Waals surface area contributed by atoms with E-state index in [4.69, 9.17) is 0 Å². The van der Waals surface area contributed by atoms with Gasteiger partial charge < -0.3 is 4.90 Å². The first-order valence-electron chi connectivity index (χ1n) is 8.98. The fourth-order valence-corrected chi connectivity index (χ4v) is 3.57. The molecule has 3 heterocycles. The second kappa shape index (κ2) is 7.61. The fourth-order valence-electron chi connectivity index (χ4n) is 3.57. The smallest absolute Gasteiger partial charge is 0.253 e. The third-order valence-corrected chi connectivity index (χ3v) is 4.85. The molecule has 0 saturated carbocycles. The molecule has 1 aliphatic heterocycles. The zero-order valence-corrected chi connectivity index (χ0v) is 14.8. The van der Waals surface area contributed by atoms with Gasteiger partial charge in [0.1, 0.15) is 5.82 Å². The maximum absolute atomic E-state index is 13.7. The number of halogens is 1. The summed E-state index contributed by atoms with van der Waals surface area (Å²) < 4.78 is 13.7. The standard InChI is InChI=1S/C21H19FN4O/c22-18-5-1-3-16(13-18)19-20(25-11-10-24-19)17-4-2-12-26(14-17)21(27)15-6-8-23-9-7-15/h1,3,5-11,13,17H,2,4,12,14H2/t17-/m1/s1. The van der Waals surface area contributed by atoms with Crippen molar-refractivity contribution in [3.8, 4) is 11.3 Å².